The van der Waals surface area contributed by atoms with Crippen LogP contribution in [0.4, 0.5) is 4.39 Å². The van der Waals surface area contributed by atoms with E-state index < -0.39 is 0 Å². The van der Waals surface area contributed by atoms with Gasteiger partial charge in [0.05, 0.1) is 19.1 Å². The van der Waals surface area contributed by atoms with Crippen LogP contribution in [-0.4, -0.2) is 48.8 Å². The van der Waals surface area contributed by atoms with Gasteiger partial charge in [0.2, 0.25) is 5.91 Å². The van der Waals surface area contributed by atoms with Crippen molar-refractivity contribution in [3.8, 4) is 5.75 Å². The molecule has 0 saturated carbocycles. The maximum absolute atomic E-state index is 13.7. The third-order valence-corrected chi connectivity index (χ3v) is 5.03. The van der Waals surface area contributed by atoms with Crippen molar-refractivity contribution >= 4 is 11.6 Å². The number of aliphatic imine (C=N–C) groups is 1. The first-order chi connectivity index (χ1) is 13.1. The Morgan fingerprint density at radius 1 is 1.30 bits per heavy atom. The number of hydrogen-bond donors (Lipinski definition) is 1. The van der Waals surface area contributed by atoms with Gasteiger partial charge in [0.15, 0.2) is 11.6 Å². The summed E-state index contributed by atoms with van der Waals surface area (Å²) in [5.74, 6) is 0.425. The number of carbonyl (C=O) groups is 1. The molecule has 2 atom stereocenters. The zero-order valence-corrected chi connectivity index (χ0v) is 15.9. The number of ether oxygens (including phenoxy) is 1. The van der Waals surface area contributed by atoms with E-state index in [9.17, 15) is 9.18 Å². The van der Waals surface area contributed by atoms with E-state index >= 15 is 0 Å². The minimum Gasteiger partial charge on any atom is -0.490 e. The van der Waals surface area contributed by atoms with Gasteiger partial charge in [-0.15, -0.1) is 0 Å². The molecule has 3 rings (SSSR count). The summed E-state index contributed by atoms with van der Waals surface area (Å²) in [5.41, 5.74) is 0.936. The Hall–Kier alpha value is -2.21. The first-order valence-electron chi connectivity index (χ1n) is 9.71. The predicted octanol–water partition coefficient (Wildman–Crippen LogP) is 3.17. The van der Waals surface area contributed by atoms with Crippen LogP contribution in [0.5, 0.6) is 5.75 Å². The third-order valence-electron chi connectivity index (χ3n) is 5.03. The van der Waals surface area contributed by atoms with Crippen molar-refractivity contribution in [2.45, 2.75) is 38.6 Å². The molecular formula is C21H28FN3O2. The Balaban J connectivity index is 1.50. The zero-order valence-electron chi connectivity index (χ0n) is 15.9. The van der Waals surface area contributed by atoms with Crippen LogP contribution in [0.3, 0.4) is 0 Å². The molecule has 1 aromatic rings. The van der Waals surface area contributed by atoms with Gasteiger partial charge < -0.3 is 10.1 Å². The van der Waals surface area contributed by atoms with Crippen LogP contribution in [0.1, 0.15) is 32.6 Å². The minimum absolute atomic E-state index is 0.0112. The lowest BCUT2D eigenvalue weighted by Gasteiger charge is -2.22. The fraction of sp³-hybridized carbons (Fsp3) is 0.524. The monoisotopic (exact) mass is 373 g/mol. The van der Waals surface area contributed by atoms with Crippen LogP contribution >= 0.6 is 0 Å². The molecule has 1 aromatic carbocycles. The van der Waals surface area contributed by atoms with Gasteiger partial charge >= 0.3 is 0 Å². The van der Waals surface area contributed by atoms with Crippen LogP contribution in [-0.2, 0) is 4.79 Å². The molecule has 2 aliphatic heterocycles. The van der Waals surface area contributed by atoms with E-state index in [-0.39, 0.29) is 17.8 Å². The summed E-state index contributed by atoms with van der Waals surface area (Å²) in [5, 5.41) is 2.77. The normalized spacial score (nSPS) is 24.4. The Kier molecular flexibility index (Phi) is 6.98. The highest BCUT2D eigenvalue weighted by Gasteiger charge is 2.20. The Labute approximate surface area is 160 Å². The molecule has 0 aliphatic carbocycles. The van der Waals surface area contributed by atoms with Crippen LogP contribution < -0.4 is 10.1 Å². The highest BCUT2D eigenvalue weighted by molar-refractivity contribution is 6.02. The summed E-state index contributed by atoms with van der Waals surface area (Å²) in [6, 6.07) is 6.63. The molecule has 0 bridgehead atoms. The Morgan fingerprint density at radius 2 is 2.15 bits per heavy atom. The average molecular weight is 373 g/mol. The van der Waals surface area contributed by atoms with Crippen LogP contribution in [0, 0.1) is 11.7 Å². The lowest BCUT2D eigenvalue weighted by atomic mass is 10.0. The molecule has 1 N–H and O–H groups in total. The molecule has 0 spiro atoms. The van der Waals surface area contributed by atoms with Gasteiger partial charge in [-0.3, -0.25) is 14.7 Å². The van der Waals surface area contributed by atoms with Crippen molar-refractivity contribution in [1.29, 1.82) is 0 Å². The molecule has 1 amide bonds. The molecule has 0 aromatic heterocycles. The van der Waals surface area contributed by atoms with E-state index in [2.05, 4.69) is 15.2 Å². The smallest absolute Gasteiger partial charge is 0.229 e. The van der Waals surface area contributed by atoms with Gasteiger partial charge in [-0.25, -0.2) is 4.39 Å². The van der Waals surface area contributed by atoms with Crippen LogP contribution in [0.2, 0.25) is 0 Å². The van der Waals surface area contributed by atoms with Gasteiger partial charge in [0.1, 0.15) is 0 Å². The number of carbonyl (C=O) groups excluding carboxylic acids is 1. The van der Waals surface area contributed by atoms with Gasteiger partial charge in [-0.1, -0.05) is 12.1 Å². The number of nitrogens with zero attached hydrogens (tertiary/aromatic N) is 2. The van der Waals surface area contributed by atoms with Gasteiger partial charge in [0, 0.05) is 18.5 Å². The van der Waals surface area contributed by atoms with E-state index in [1.54, 1.807) is 24.4 Å². The number of likely N-dealkylation sites (tertiary alicyclic amines) is 1. The van der Waals surface area contributed by atoms with E-state index in [4.69, 9.17) is 4.74 Å². The van der Waals surface area contributed by atoms with Crippen molar-refractivity contribution in [2.75, 3.05) is 26.2 Å². The van der Waals surface area contributed by atoms with Crippen LogP contribution in [0.25, 0.3) is 0 Å². The number of hydrogen-bond acceptors (Lipinski definition) is 4. The molecule has 2 aliphatic rings. The van der Waals surface area contributed by atoms with E-state index in [0.717, 1.165) is 44.6 Å². The van der Waals surface area contributed by atoms with E-state index in [0.29, 0.717) is 24.7 Å². The summed E-state index contributed by atoms with van der Waals surface area (Å²) in [6.07, 6.45) is 7.07. The topological polar surface area (TPSA) is 53.9 Å². The van der Waals surface area contributed by atoms with Crippen molar-refractivity contribution in [3.05, 3.63) is 42.4 Å². The first-order valence-corrected chi connectivity index (χ1v) is 9.71. The number of rotatable bonds is 5. The molecule has 27 heavy (non-hydrogen) atoms. The fourth-order valence-corrected chi connectivity index (χ4v) is 3.57. The lowest BCUT2D eigenvalue weighted by Crippen LogP contribution is -2.34. The van der Waals surface area contributed by atoms with Gasteiger partial charge in [-0.2, -0.15) is 0 Å². The molecule has 1 fully saturated rings. The number of nitrogens with one attached hydrogen (secondary N) is 1. The van der Waals surface area contributed by atoms with Gasteiger partial charge in [0.25, 0.3) is 0 Å². The second kappa shape index (κ2) is 9.65. The average Bonchev–Trinajstić information content (AvgIpc) is 2.85. The highest BCUT2D eigenvalue weighted by atomic mass is 19.1. The number of amides is 1. The maximum Gasteiger partial charge on any atom is 0.229 e. The molecule has 6 heteroatoms. The predicted molar refractivity (Wildman–Crippen MR) is 104 cm³/mol. The van der Waals surface area contributed by atoms with Crippen molar-refractivity contribution in [2.24, 2.45) is 10.9 Å². The molecule has 2 heterocycles. The largest absolute Gasteiger partial charge is 0.490 e. The highest BCUT2D eigenvalue weighted by Crippen LogP contribution is 2.21. The maximum atomic E-state index is 13.7. The first kappa shape index (κ1) is 19.5. The van der Waals surface area contributed by atoms with Gasteiger partial charge in [-0.05, 0) is 63.4 Å². The summed E-state index contributed by atoms with van der Waals surface area (Å²) in [4.78, 5) is 18.9. The lowest BCUT2D eigenvalue weighted by molar-refractivity contribution is -0.119. The number of para-hydroxylation sites is 1. The second-order valence-corrected chi connectivity index (χ2v) is 7.35. The molecule has 0 radical (unpaired) electrons. The second-order valence-electron chi connectivity index (χ2n) is 7.35. The number of halogens is 1. The van der Waals surface area contributed by atoms with E-state index in [1.165, 1.54) is 6.07 Å². The quantitative estimate of drug-likeness (QED) is 0.863. The van der Waals surface area contributed by atoms with Crippen LogP contribution in [0.15, 0.2) is 41.5 Å². The molecule has 146 valence electrons. The van der Waals surface area contributed by atoms with Crippen molar-refractivity contribution in [1.82, 2.24) is 10.2 Å². The summed E-state index contributed by atoms with van der Waals surface area (Å²) in [7, 11) is 0. The summed E-state index contributed by atoms with van der Waals surface area (Å²) in [6.45, 7) is 5.22. The van der Waals surface area contributed by atoms with Crippen molar-refractivity contribution < 1.29 is 13.9 Å². The Morgan fingerprint density at radius 3 is 3.00 bits per heavy atom. The van der Waals surface area contributed by atoms with Crippen molar-refractivity contribution in [3.63, 3.8) is 0 Å². The molecule has 5 nitrogen and oxygen atoms in total. The molecule has 1 saturated heterocycles. The fourth-order valence-electron chi connectivity index (χ4n) is 3.57. The number of benzene rings is 1. The third kappa shape index (κ3) is 6.17. The summed E-state index contributed by atoms with van der Waals surface area (Å²) < 4.78 is 19.4. The SMILES string of the molecule is CC1C=CNC(=O)CC(CN2CCCC(COc3ccccc3F)CC2)=N1. The Bertz CT molecular complexity index is 704. The standard InChI is InChI=1S/C21H28FN3O2/c1-16-8-10-23-21(26)13-18(24-16)14-25-11-4-5-17(9-12-25)15-27-20-7-3-2-6-19(20)22/h2-3,6-8,10,16-17H,4-5,9,11-15H2,1H3,(H,23,26). The van der Waals surface area contributed by atoms with E-state index in [1.807, 2.05) is 13.0 Å². The summed E-state index contributed by atoms with van der Waals surface area (Å²) >= 11 is 0. The molecular weight excluding hydrogens is 345 g/mol. The minimum atomic E-state index is -0.309. The molecule has 2 unspecified atom stereocenters. The zero-order chi connectivity index (χ0) is 19.1.